The van der Waals surface area contributed by atoms with E-state index in [1.54, 1.807) is 0 Å². The van der Waals surface area contributed by atoms with E-state index in [1.807, 2.05) is 4.90 Å². The van der Waals surface area contributed by atoms with Gasteiger partial charge in [0.25, 0.3) is 0 Å². The summed E-state index contributed by atoms with van der Waals surface area (Å²) in [6.45, 7) is 4.20. The van der Waals surface area contributed by atoms with E-state index in [1.165, 1.54) is 6.42 Å². The largest absolute Gasteiger partial charge is 0.390 e. The summed E-state index contributed by atoms with van der Waals surface area (Å²) in [7, 11) is 0. The number of unbranched alkanes of at least 4 members (excludes halogenated alkanes) is 1. The number of nitrogens with zero attached hydrogens (tertiary/aromatic N) is 1. The molecule has 2 amide bonds. The Hall–Kier alpha value is -0.850. The molecule has 3 N–H and O–H groups in total. The molecule has 0 bridgehead atoms. The van der Waals surface area contributed by atoms with Gasteiger partial charge in [0.05, 0.1) is 6.10 Å². The fourth-order valence-corrected chi connectivity index (χ4v) is 4.80. The number of amides is 2. The highest BCUT2D eigenvalue weighted by molar-refractivity contribution is 6.00. The lowest BCUT2D eigenvalue weighted by molar-refractivity contribution is -0.164. The van der Waals surface area contributed by atoms with Crippen LogP contribution in [0.25, 0.3) is 0 Å². The Morgan fingerprint density at radius 3 is 2.46 bits per heavy atom. The average Bonchev–Trinajstić information content (AvgIpc) is 2.66. The lowest BCUT2D eigenvalue weighted by Gasteiger charge is -2.51. The number of aliphatic hydroxyl groups is 1. The molecule has 0 radical (unpaired) electrons. The third kappa shape index (κ3) is 4.02. The molecule has 26 heavy (non-hydrogen) atoms. The van der Waals surface area contributed by atoms with Crippen LogP contribution < -0.4 is 10.6 Å². The zero-order valence-electron chi connectivity index (χ0n) is 15.8. The number of carbonyl (C=O) groups is 2. The van der Waals surface area contributed by atoms with Crippen molar-refractivity contribution in [2.75, 3.05) is 19.6 Å². The first-order chi connectivity index (χ1) is 12.1. The minimum atomic E-state index is -0.770. The fourth-order valence-electron chi connectivity index (χ4n) is 4.80. The summed E-state index contributed by atoms with van der Waals surface area (Å²) in [5.74, 6) is -0.0179. The quantitative estimate of drug-likeness (QED) is 0.669. The van der Waals surface area contributed by atoms with E-state index in [-0.39, 0.29) is 30.1 Å². The predicted molar refractivity (Wildman–Crippen MR) is 103 cm³/mol. The van der Waals surface area contributed by atoms with Crippen LogP contribution in [0.15, 0.2) is 0 Å². The Morgan fingerprint density at radius 1 is 1.19 bits per heavy atom. The van der Waals surface area contributed by atoms with Gasteiger partial charge in [-0.15, -0.1) is 12.4 Å². The summed E-state index contributed by atoms with van der Waals surface area (Å²) in [4.78, 5) is 28.1. The van der Waals surface area contributed by atoms with Gasteiger partial charge in [0.15, 0.2) is 0 Å². The Bertz CT molecular complexity index is 490. The Kier molecular flexibility index (Phi) is 7.74. The molecule has 3 rings (SSSR count). The van der Waals surface area contributed by atoms with Crippen LogP contribution in [0.1, 0.15) is 64.7 Å². The number of carbonyl (C=O) groups excluding carboxylic acids is 2. The second-order valence-corrected chi connectivity index (χ2v) is 7.96. The lowest BCUT2D eigenvalue weighted by Crippen LogP contribution is -2.75. The molecule has 0 aromatic rings. The zero-order valence-corrected chi connectivity index (χ0v) is 16.7. The molecule has 1 saturated carbocycles. The third-order valence-corrected chi connectivity index (χ3v) is 6.40. The summed E-state index contributed by atoms with van der Waals surface area (Å²) >= 11 is 0. The van der Waals surface area contributed by atoms with Crippen LogP contribution in [0.4, 0.5) is 0 Å². The van der Waals surface area contributed by atoms with Gasteiger partial charge in [-0.05, 0) is 51.1 Å². The molecular weight excluding hydrogens is 354 g/mol. The SMILES string of the molecule is CCCCN1C(=O)[C@@H]([C@@H](O)C2CCCCC2)NC(=O)C12CCNCC2.Cl. The summed E-state index contributed by atoms with van der Waals surface area (Å²) in [5, 5.41) is 17.1. The first-order valence-corrected chi connectivity index (χ1v) is 10.1. The average molecular weight is 388 g/mol. The molecule has 150 valence electrons. The van der Waals surface area contributed by atoms with Crippen molar-refractivity contribution < 1.29 is 14.7 Å². The molecule has 3 aliphatic rings. The third-order valence-electron chi connectivity index (χ3n) is 6.40. The molecular formula is C19H34ClN3O3. The minimum Gasteiger partial charge on any atom is -0.390 e. The normalized spacial score (nSPS) is 27.8. The van der Waals surface area contributed by atoms with Crippen molar-refractivity contribution in [3.05, 3.63) is 0 Å². The van der Waals surface area contributed by atoms with Crippen LogP contribution in [0.5, 0.6) is 0 Å². The van der Waals surface area contributed by atoms with Crippen LogP contribution in [0.2, 0.25) is 0 Å². The molecule has 2 heterocycles. The van der Waals surface area contributed by atoms with Gasteiger partial charge in [-0.25, -0.2) is 0 Å². The number of piperidine rings is 1. The first kappa shape index (κ1) is 21.5. The van der Waals surface area contributed by atoms with Crippen LogP contribution in [-0.4, -0.2) is 59.1 Å². The second-order valence-electron chi connectivity index (χ2n) is 7.96. The standard InChI is InChI=1S/C19H33N3O3.ClH/c1-2-3-13-22-17(24)15(16(23)14-7-5-4-6-8-14)21-18(25)19(22)9-11-20-12-10-19;/h14-16,20,23H,2-13H2,1H3,(H,21,25);1H/t15-,16+;/m1./s1. The topological polar surface area (TPSA) is 81.7 Å². The molecule has 3 fully saturated rings. The van der Waals surface area contributed by atoms with Gasteiger partial charge in [0, 0.05) is 6.54 Å². The zero-order chi connectivity index (χ0) is 17.9. The monoisotopic (exact) mass is 387 g/mol. The lowest BCUT2D eigenvalue weighted by atomic mass is 9.78. The highest BCUT2D eigenvalue weighted by Gasteiger charge is 2.54. The number of aliphatic hydroxyl groups excluding tert-OH is 1. The second kappa shape index (κ2) is 9.38. The van der Waals surface area contributed by atoms with E-state index in [0.717, 1.165) is 51.6 Å². The molecule has 0 unspecified atom stereocenters. The molecule has 2 aliphatic heterocycles. The van der Waals surface area contributed by atoms with E-state index < -0.39 is 17.7 Å². The summed E-state index contributed by atoms with van der Waals surface area (Å²) in [6, 6.07) is -0.770. The molecule has 6 nitrogen and oxygen atoms in total. The number of halogens is 1. The molecule has 0 aromatic heterocycles. The smallest absolute Gasteiger partial charge is 0.248 e. The predicted octanol–water partition coefficient (Wildman–Crippen LogP) is 1.60. The van der Waals surface area contributed by atoms with Crippen LogP contribution in [0.3, 0.4) is 0 Å². The molecule has 2 atom stereocenters. The Morgan fingerprint density at radius 2 is 1.85 bits per heavy atom. The number of nitrogens with one attached hydrogen (secondary N) is 2. The number of rotatable bonds is 5. The summed E-state index contributed by atoms with van der Waals surface area (Å²) < 4.78 is 0. The van der Waals surface area contributed by atoms with Gasteiger partial charge in [-0.2, -0.15) is 0 Å². The van der Waals surface area contributed by atoms with Gasteiger partial charge in [0.2, 0.25) is 11.8 Å². The van der Waals surface area contributed by atoms with Crippen molar-refractivity contribution in [1.82, 2.24) is 15.5 Å². The van der Waals surface area contributed by atoms with E-state index >= 15 is 0 Å². The minimum absolute atomic E-state index is 0. The van der Waals surface area contributed by atoms with Gasteiger partial charge in [-0.3, -0.25) is 9.59 Å². The van der Waals surface area contributed by atoms with Crippen LogP contribution >= 0.6 is 12.4 Å². The van der Waals surface area contributed by atoms with Crippen molar-refractivity contribution in [3.63, 3.8) is 0 Å². The molecule has 2 saturated heterocycles. The van der Waals surface area contributed by atoms with Crippen molar-refractivity contribution in [3.8, 4) is 0 Å². The maximum atomic E-state index is 13.3. The van der Waals surface area contributed by atoms with Gasteiger partial charge >= 0.3 is 0 Å². The maximum absolute atomic E-state index is 13.3. The summed E-state index contributed by atoms with van der Waals surface area (Å²) in [6.07, 6.45) is 7.72. The van der Waals surface area contributed by atoms with E-state index in [4.69, 9.17) is 0 Å². The Balaban J connectivity index is 0.00000243. The van der Waals surface area contributed by atoms with Crippen molar-refractivity contribution in [2.24, 2.45) is 5.92 Å². The van der Waals surface area contributed by atoms with Gasteiger partial charge in [-0.1, -0.05) is 32.6 Å². The van der Waals surface area contributed by atoms with Gasteiger partial charge in [0.1, 0.15) is 11.6 Å². The van der Waals surface area contributed by atoms with Crippen molar-refractivity contribution in [2.45, 2.75) is 82.4 Å². The van der Waals surface area contributed by atoms with E-state index in [0.29, 0.717) is 19.4 Å². The molecule has 7 heteroatoms. The molecule has 0 aromatic carbocycles. The maximum Gasteiger partial charge on any atom is 0.248 e. The number of piperazine rings is 1. The van der Waals surface area contributed by atoms with Gasteiger partial charge < -0.3 is 20.6 Å². The highest BCUT2D eigenvalue weighted by Crippen LogP contribution is 2.34. The summed E-state index contributed by atoms with van der Waals surface area (Å²) in [5.41, 5.74) is -0.722. The van der Waals surface area contributed by atoms with Crippen molar-refractivity contribution >= 4 is 24.2 Å². The Labute approximate surface area is 162 Å². The first-order valence-electron chi connectivity index (χ1n) is 10.1. The fraction of sp³-hybridized carbons (Fsp3) is 0.895. The van der Waals surface area contributed by atoms with Crippen LogP contribution in [-0.2, 0) is 9.59 Å². The molecule has 1 spiro atoms. The number of hydrogen-bond donors (Lipinski definition) is 3. The van der Waals surface area contributed by atoms with E-state index in [2.05, 4.69) is 17.6 Å². The van der Waals surface area contributed by atoms with Crippen molar-refractivity contribution in [1.29, 1.82) is 0 Å². The van der Waals surface area contributed by atoms with E-state index in [9.17, 15) is 14.7 Å². The van der Waals surface area contributed by atoms with Crippen LogP contribution in [0, 0.1) is 5.92 Å². The highest BCUT2D eigenvalue weighted by atomic mass is 35.5. The number of hydrogen-bond acceptors (Lipinski definition) is 4. The molecule has 1 aliphatic carbocycles.